The molecule has 0 aromatic carbocycles. The van der Waals surface area contributed by atoms with Gasteiger partial charge >= 0.3 is 0 Å². The highest BCUT2D eigenvalue weighted by Crippen LogP contribution is 2.32. The summed E-state index contributed by atoms with van der Waals surface area (Å²) < 4.78 is 10.2. The molecule has 1 aliphatic rings. The van der Waals surface area contributed by atoms with Gasteiger partial charge in [0, 0.05) is 5.56 Å². The van der Waals surface area contributed by atoms with Gasteiger partial charge in [-0.15, -0.1) is 0 Å². The smallest absolute Gasteiger partial charge is 0.109 e. The van der Waals surface area contributed by atoms with E-state index in [1.165, 1.54) is 5.56 Å². The van der Waals surface area contributed by atoms with Crippen molar-refractivity contribution >= 4 is 0 Å². The predicted molar refractivity (Wildman–Crippen MR) is 32.1 cm³/mol. The summed E-state index contributed by atoms with van der Waals surface area (Å²) in [4.78, 5) is 0. The van der Waals surface area contributed by atoms with Gasteiger partial charge < -0.3 is 9.15 Å². The summed E-state index contributed by atoms with van der Waals surface area (Å²) in [7, 11) is 0. The molecule has 9 heavy (non-hydrogen) atoms. The minimum absolute atomic E-state index is 0.337. The molecule has 2 rings (SSSR count). The average Bonchev–Trinajstić information content (AvgIpc) is 2.58. The molecule has 0 unspecified atom stereocenters. The highest BCUT2D eigenvalue weighted by molar-refractivity contribution is 5.21. The minimum Gasteiger partial charge on any atom is -0.469 e. The molecular formula is C7H8O2. The first-order valence-corrected chi connectivity index (χ1v) is 3.03. The first-order chi connectivity index (χ1) is 4.38. The van der Waals surface area contributed by atoms with Gasteiger partial charge in [-0.05, 0) is 13.0 Å². The van der Waals surface area contributed by atoms with Crippen molar-refractivity contribution in [3.8, 4) is 0 Å². The summed E-state index contributed by atoms with van der Waals surface area (Å²) in [6, 6.07) is 1.97. The summed E-state index contributed by atoms with van der Waals surface area (Å²) in [6.45, 7) is 2.82. The van der Waals surface area contributed by atoms with E-state index in [0.717, 1.165) is 12.4 Å². The van der Waals surface area contributed by atoms with Gasteiger partial charge in [0.25, 0.3) is 0 Å². The maximum Gasteiger partial charge on any atom is 0.109 e. The molecule has 1 aliphatic heterocycles. The average molecular weight is 124 g/mol. The number of hydrogen-bond donors (Lipinski definition) is 0. The van der Waals surface area contributed by atoms with Crippen molar-refractivity contribution in [1.29, 1.82) is 0 Å². The van der Waals surface area contributed by atoms with Gasteiger partial charge in [-0.2, -0.15) is 0 Å². The fourth-order valence-corrected chi connectivity index (χ4v) is 0.956. The van der Waals surface area contributed by atoms with Crippen LogP contribution in [0.5, 0.6) is 0 Å². The van der Waals surface area contributed by atoms with Crippen molar-refractivity contribution in [1.82, 2.24) is 0 Å². The van der Waals surface area contributed by atoms with Crippen LogP contribution < -0.4 is 0 Å². The van der Waals surface area contributed by atoms with Crippen LogP contribution in [0.4, 0.5) is 0 Å². The van der Waals surface area contributed by atoms with Gasteiger partial charge in [-0.1, -0.05) is 0 Å². The molecule has 0 spiro atoms. The van der Waals surface area contributed by atoms with Crippen molar-refractivity contribution in [3.63, 3.8) is 0 Å². The maximum absolute atomic E-state index is 5.09. The molecule has 0 N–H and O–H groups in total. The Labute approximate surface area is 53.4 Å². The second-order valence-corrected chi connectivity index (χ2v) is 2.25. The lowest BCUT2D eigenvalue weighted by Gasteiger charge is -1.86. The van der Waals surface area contributed by atoms with Crippen molar-refractivity contribution in [2.75, 3.05) is 6.61 Å². The number of aryl methyl sites for hydroxylation is 1. The normalized spacial score (nSPS) is 24.3. The summed E-state index contributed by atoms with van der Waals surface area (Å²) in [5, 5.41) is 0. The molecule has 2 nitrogen and oxygen atoms in total. The van der Waals surface area contributed by atoms with Crippen LogP contribution in [0.25, 0.3) is 0 Å². The molecule has 1 atom stereocenters. The molecule has 1 saturated heterocycles. The lowest BCUT2D eigenvalue weighted by Crippen LogP contribution is -1.76. The van der Waals surface area contributed by atoms with E-state index in [1.54, 1.807) is 6.26 Å². The van der Waals surface area contributed by atoms with E-state index >= 15 is 0 Å². The Hall–Kier alpha value is -0.760. The zero-order valence-electron chi connectivity index (χ0n) is 5.26. The van der Waals surface area contributed by atoms with Crippen molar-refractivity contribution in [2.45, 2.75) is 13.0 Å². The zero-order valence-corrected chi connectivity index (χ0v) is 5.26. The van der Waals surface area contributed by atoms with E-state index < -0.39 is 0 Å². The molecule has 48 valence electrons. The predicted octanol–water partition coefficient (Wildman–Crippen LogP) is 1.66. The van der Waals surface area contributed by atoms with Gasteiger partial charge in [0.1, 0.15) is 11.9 Å². The Morgan fingerprint density at radius 1 is 1.67 bits per heavy atom. The highest BCUT2D eigenvalue weighted by Gasteiger charge is 2.27. The van der Waals surface area contributed by atoms with Crippen molar-refractivity contribution in [2.24, 2.45) is 0 Å². The third-order valence-corrected chi connectivity index (χ3v) is 1.58. The third-order valence-electron chi connectivity index (χ3n) is 1.58. The Balaban J connectivity index is 2.35. The van der Waals surface area contributed by atoms with Gasteiger partial charge in [-0.3, -0.25) is 0 Å². The standard InChI is InChI=1S/C7H8O2/c1-5-6(2-3-8-5)7-4-9-7/h2-3,7H,4H2,1H3/t7-/m0/s1. The molecule has 1 aromatic heterocycles. The van der Waals surface area contributed by atoms with E-state index in [9.17, 15) is 0 Å². The second kappa shape index (κ2) is 1.61. The van der Waals surface area contributed by atoms with E-state index in [4.69, 9.17) is 9.15 Å². The van der Waals surface area contributed by atoms with E-state index in [1.807, 2.05) is 13.0 Å². The highest BCUT2D eigenvalue weighted by atomic mass is 16.6. The van der Waals surface area contributed by atoms with Crippen LogP contribution in [0.15, 0.2) is 16.7 Å². The fraction of sp³-hybridized carbons (Fsp3) is 0.429. The summed E-state index contributed by atoms with van der Waals surface area (Å²) in [5.41, 5.74) is 1.20. The largest absolute Gasteiger partial charge is 0.469 e. The number of epoxide rings is 1. The van der Waals surface area contributed by atoms with Crippen LogP contribution in [0, 0.1) is 6.92 Å². The third kappa shape index (κ3) is 0.754. The van der Waals surface area contributed by atoms with Crippen LogP contribution in [-0.4, -0.2) is 6.61 Å². The zero-order chi connectivity index (χ0) is 6.27. The molecule has 1 fully saturated rings. The number of furan rings is 1. The molecule has 0 radical (unpaired) electrons. The SMILES string of the molecule is Cc1occc1[C@@H]1CO1. The van der Waals surface area contributed by atoms with Crippen LogP contribution in [-0.2, 0) is 4.74 Å². The summed E-state index contributed by atoms with van der Waals surface area (Å²) in [6.07, 6.45) is 2.04. The fourth-order valence-electron chi connectivity index (χ4n) is 0.956. The van der Waals surface area contributed by atoms with Crippen molar-refractivity contribution < 1.29 is 9.15 Å². The van der Waals surface area contributed by atoms with E-state index in [-0.39, 0.29) is 0 Å². The number of rotatable bonds is 1. The van der Waals surface area contributed by atoms with E-state index in [0.29, 0.717) is 6.10 Å². The van der Waals surface area contributed by atoms with Crippen LogP contribution in [0.1, 0.15) is 17.4 Å². The quantitative estimate of drug-likeness (QED) is 0.532. The molecule has 0 amide bonds. The lowest BCUT2D eigenvalue weighted by molar-refractivity contribution is 0.411. The number of hydrogen-bond acceptors (Lipinski definition) is 2. The number of ether oxygens (including phenoxy) is 1. The molecule has 0 bridgehead atoms. The van der Waals surface area contributed by atoms with Gasteiger partial charge in [0.2, 0.25) is 0 Å². The monoisotopic (exact) mass is 124 g/mol. The van der Waals surface area contributed by atoms with Crippen molar-refractivity contribution in [3.05, 3.63) is 23.7 Å². The molecule has 1 aromatic rings. The van der Waals surface area contributed by atoms with Gasteiger partial charge in [-0.25, -0.2) is 0 Å². The van der Waals surface area contributed by atoms with Crippen LogP contribution in [0.2, 0.25) is 0 Å². The topological polar surface area (TPSA) is 25.7 Å². The molecular weight excluding hydrogens is 116 g/mol. The Morgan fingerprint density at radius 2 is 2.44 bits per heavy atom. The van der Waals surface area contributed by atoms with Gasteiger partial charge in [0.05, 0.1) is 12.9 Å². The first kappa shape index (κ1) is 5.06. The van der Waals surface area contributed by atoms with Crippen LogP contribution in [0.3, 0.4) is 0 Å². The molecule has 0 aliphatic carbocycles. The summed E-state index contributed by atoms with van der Waals surface area (Å²) in [5.74, 6) is 0.984. The maximum atomic E-state index is 5.09. The van der Waals surface area contributed by atoms with Gasteiger partial charge in [0.15, 0.2) is 0 Å². The minimum atomic E-state index is 0.337. The summed E-state index contributed by atoms with van der Waals surface area (Å²) >= 11 is 0. The lowest BCUT2D eigenvalue weighted by atomic mass is 10.2. The van der Waals surface area contributed by atoms with Crippen LogP contribution >= 0.6 is 0 Å². The van der Waals surface area contributed by atoms with E-state index in [2.05, 4.69) is 0 Å². The molecule has 0 saturated carbocycles. The molecule has 2 heteroatoms. The molecule has 2 heterocycles. The Kier molecular flexibility index (Phi) is 0.904. The second-order valence-electron chi connectivity index (χ2n) is 2.25. The first-order valence-electron chi connectivity index (χ1n) is 3.03. The Bertz CT molecular complexity index is 210. The Morgan fingerprint density at radius 3 is 2.89 bits per heavy atom.